The molecule has 4 aromatic rings. The maximum Gasteiger partial charge on any atom is 0.254 e. The van der Waals surface area contributed by atoms with Gasteiger partial charge in [0.1, 0.15) is 11.6 Å². The highest BCUT2D eigenvalue weighted by atomic mass is 32.1. The predicted molar refractivity (Wildman–Crippen MR) is 127 cm³/mol. The van der Waals surface area contributed by atoms with Crippen LogP contribution in [0.5, 0.6) is 0 Å². The zero-order valence-electron chi connectivity index (χ0n) is 17.7. The first-order chi connectivity index (χ1) is 15.7. The minimum absolute atomic E-state index is 0.0860. The van der Waals surface area contributed by atoms with Crippen LogP contribution in [0.25, 0.3) is 11.3 Å². The molecular formula is C25H23N5OS. The lowest BCUT2D eigenvalue weighted by atomic mass is 10.1. The molecule has 0 spiro atoms. The second kappa shape index (κ2) is 8.88. The number of nitrogens with zero attached hydrogens (tertiary/aromatic N) is 4. The maximum atomic E-state index is 12.9. The summed E-state index contributed by atoms with van der Waals surface area (Å²) in [6.45, 7) is 3.35. The van der Waals surface area contributed by atoms with E-state index in [1.807, 2.05) is 78.0 Å². The summed E-state index contributed by atoms with van der Waals surface area (Å²) in [4.78, 5) is 29.9. The van der Waals surface area contributed by atoms with E-state index in [4.69, 9.17) is 9.97 Å². The van der Waals surface area contributed by atoms with Crippen LogP contribution in [-0.2, 0) is 0 Å². The molecule has 4 heterocycles. The Morgan fingerprint density at radius 2 is 2.00 bits per heavy atom. The second-order valence-corrected chi connectivity index (χ2v) is 9.03. The van der Waals surface area contributed by atoms with Crippen molar-refractivity contribution in [3.8, 4) is 11.3 Å². The summed E-state index contributed by atoms with van der Waals surface area (Å²) < 4.78 is 0. The monoisotopic (exact) mass is 441 g/mol. The maximum absolute atomic E-state index is 12.9. The van der Waals surface area contributed by atoms with Gasteiger partial charge in [-0.15, -0.1) is 11.3 Å². The van der Waals surface area contributed by atoms with E-state index in [1.165, 1.54) is 0 Å². The van der Waals surface area contributed by atoms with Crippen molar-refractivity contribution < 1.29 is 4.79 Å². The molecule has 0 radical (unpaired) electrons. The number of likely N-dealkylation sites (tertiary alicyclic amines) is 1. The van der Waals surface area contributed by atoms with Gasteiger partial charge in [-0.05, 0) is 43.7 Å². The molecule has 1 aliphatic heterocycles. The Labute approximate surface area is 191 Å². The molecule has 3 aromatic heterocycles. The number of anilines is 2. The normalized spacial score (nSPS) is 15.7. The van der Waals surface area contributed by atoms with Crippen molar-refractivity contribution in [2.24, 2.45) is 0 Å². The van der Waals surface area contributed by atoms with Crippen molar-refractivity contribution in [3.05, 3.63) is 88.6 Å². The molecule has 1 atom stereocenters. The Morgan fingerprint density at radius 3 is 2.75 bits per heavy atom. The van der Waals surface area contributed by atoms with Crippen LogP contribution in [0.1, 0.15) is 33.4 Å². The molecule has 1 saturated heterocycles. The van der Waals surface area contributed by atoms with E-state index in [0.717, 1.165) is 45.4 Å². The molecule has 7 heteroatoms. The van der Waals surface area contributed by atoms with Crippen LogP contribution in [0.4, 0.5) is 11.5 Å². The molecule has 0 unspecified atom stereocenters. The number of amides is 1. The number of rotatable bonds is 5. The molecule has 5 rings (SSSR count). The highest BCUT2D eigenvalue weighted by molar-refractivity contribution is 7.10. The van der Waals surface area contributed by atoms with Gasteiger partial charge in [0.25, 0.3) is 5.91 Å². The van der Waals surface area contributed by atoms with Crippen molar-refractivity contribution in [1.29, 1.82) is 0 Å². The summed E-state index contributed by atoms with van der Waals surface area (Å²) in [7, 11) is 0. The summed E-state index contributed by atoms with van der Waals surface area (Å²) in [6, 6.07) is 17.8. The van der Waals surface area contributed by atoms with Crippen LogP contribution < -0.4 is 5.32 Å². The number of carbonyl (C=O) groups excluding carboxylic acids is 1. The van der Waals surface area contributed by atoms with Gasteiger partial charge >= 0.3 is 0 Å². The lowest BCUT2D eigenvalue weighted by Gasteiger charge is -2.16. The van der Waals surface area contributed by atoms with Gasteiger partial charge in [0.2, 0.25) is 0 Å². The molecule has 32 heavy (non-hydrogen) atoms. The van der Waals surface area contributed by atoms with Crippen LogP contribution >= 0.6 is 11.3 Å². The first-order valence-corrected chi connectivity index (χ1v) is 11.5. The van der Waals surface area contributed by atoms with Crippen LogP contribution in [-0.4, -0.2) is 38.8 Å². The summed E-state index contributed by atoms with van der Waals surface area (Å²) in [5.41, 5.74) is 3.49. The highest BCUT2D eigenvalue weighted by Crippen LogP contribution is 2.30. The van der Waals surface area contributed by atoms with Gasteiger partial charge in [-0.3, -0.25) is 9.78 Å². The van der Waals surface area contributed by atoms with Crippen molar-refractivity contribution in [3.63, 3.8) is 0 Å². The van der Waals surface area contributed by atoms with E-state index in [1.54, 1.807) is 17.5 Å². The first kappa shape index (κ1) is 20.3. The predicted octanol–water partition coefficient (Wildman–Crippen LogP) is 5.28. The largest absolute Gasteiger partial charge is 0.340 e. The fourth-order valence-corrected chi connectivity index (χ4v) is 4.61. The number of hydrogen-bond donors (Lipinski definition) is 1. The molecule has 1 aromatic carbocycles. The van der Waals surface area contributed by atoms with Crippen LogP contribution in [0.2, 0.25) is 0 Å². The third-order valence-corrected chi connectivity index (χ3v) is 6.43. The van der Waals surface area contributed by atoms with Crippen molar-refractivity contribution in [1.82, 2.24) is 19.9 Å². The Balaban J connectivity index is 1.43. The molecule has 6 nitrogen and oxygen atoms in total. The number of thiophene rings is 1. The zero-order valence-corrected chi connectivity index (χ0v) is 18.5. The number of aryl methyl sites for hydroxylation is 1. The molecule has 1 aliphatic rings. The van der Waals surface area contributed by atoms with Gasteiger partial charge in [0.05, 0.1) is 11.3 Å². The average molecular weight is 442 g/mol. The van der Waals surface area contributed by atoms with Crippen molar-refractivity contribution >= 4 is 28.7 Å². The van der Waals surface area contributed by atoms with Gasteiger partial charge in [0.15, 0.2) is 0 Å². The summed E-state index contributed by atoms with van der Waals surface area (Å²) >= 11 is 1.60. The SMILES string of the molecule is Cc1cc(C(=O)N2CC[C@@H](c3nc(Nc4ccccc4)cc(-c4cccnc4)n3)C2)cs1. The number of aromatic nitrogens is 3. The van der Waals surface area contributed by atoms with E-state index < -0.39 is 0 Å². The minimum Gasteiger partial charge on any atom is -0.340 e. The quantitative estimate of drug-likeness (QED) is 0.456. The fourth-order valence-electron chi connectivity index (χ4n) is 3.94. The number of hydrogen-bond acceptors (Lipinski definition) is 6. The zero-order chi connectivity index (χ0) is 21.9. The van der Waals surface area contributed by atoms with E-state index in [9.17, 15) is 4.79 Å². The van der Waals surface area contributed by atoms with E-state index >= 15 is 0 Å². The van der Waals surface area contributed by atoms with Gasteiger partial charge in [-0.1, -0.05) is 18.2 Å². The summed E-state index contributed by atoms with van der Waals surface area (Å²) in [6.07, 6.45) is 4.40. The topological polar surface area (TPSA) is 71.0 Å². The molecule has 1 N–H and O–H groups in total. The van der Waals surface area contributed by atoms with E-state index in [0.29, 0.717) is 13.1 Å². The standard InChI is InChI=1S/C25H23N5OS/c1-17-12-20(16-32-17)25(31)30-11-9-19(15-30)24-28-22(18-6-5-10-26-14-18)13-23(29-24)27-21-7-3-2-4-8-21/h2-8,10,12-14,16,19H,9,11,15H2,1H3,(H,27,28,29)/t19-/m1/s1. The lowest BCUT2D eigenvalue weighted by molar-refractivity contribution is 0.0791. The van der Waals surface area contributed by atoms with Crippen LogP contribution in [0.15, 0.2) is 72.4 Å². The number of benzene rings is 1. The second-order valence-electron chi connectivity index (χ2n) is 7.91. The van der Waals surface area contributed by atoms with Crippen LogP contribution in [0.3, 0.4) is 0 Å². The average Bonchev–Trinajstić information content (AvgIpc) is 3.49. The van der Waals surface area contributed by atoms with Gasteiger partial charge in [0, 0.05) is 59.0 Å². The summed E-state index contributed by atoms with van der Waals surface area (Å²) in [5, 5.41) is 5.33. The Morgan fingerprint density at radius 1 is 1.12 bits per heavy atom. The Hall–Kier alpha value is -3.58. The molecular weight excluding hydrogens is 418 g/mol. The fraction of sp³-hybridized carbons (Fsp3) is 0.200. The number of nitrogens with one attached hydrogen (secondary N) is 1. The van der Waals surface area contributed by atoms with Crippen molar-refractivity contribution in [2.75, 3.05) is 18.4 Å². The molecule has 0 aliphatic carbocycles. The van der Waals surface area contributed by atoms with Crippen molar-refractivity contribution in [2.45, 2.75) is 19.3 Å². The van der Waals surface area contributed by atoms with Gasteiger partial charge in [-0.2, -0.15) is 0 Å². The summed E-state index contributed by atoms with van der Waals surface area (Å²) in [5.74, 6) is 1.66. The smallest absolute Gasteiger partial charge is 0.254 e. The first-order valence-electron chi connectivity index (χ1n) is 10.6. The lowest BCUT2D eigenvalue weighted by Crippen LogP contribution is -2.28. The minimum atomic E-state index is 0.0860. The van der Waals surface area contributed by atoms with E-state index in [-0.39, 0.29) is 11.8 Å². The number of pyridine rings is 1. The number of carbonyl (C=O) groups is 1. The Bertz CT molecular complexity index is 1230. The highest BCUT2D eigenvalue weighted by Gasteiger charge is 2.30. The van der Waals surface area contributed by atoms with Gasteiger partial charge in [-0.25, -0.2) is 9.97 Å². The molecule has 0 bridgehead atoms. The van der Waals surface area contributed by atoms with E-state index in [2.05, 4.69) is 10.3 Å². The molecule has 1 fully saturated rings. The number of para-hydroxylation sites is 1. The third-order valence-electron chi connectivity index (χ3n) is 5.57. The molecule has 160 valence electrons. The third kappa shape index (κ3) is 4.38. The van der Waals surface area contributed by atoms with Crippen LogP contribution in [0, 0.1) is 6.92 Å². The van der Waals surface area contributed by atoms with Gasteiger partial charge < -0.3 is 10.2 Å². The molecule has 1 amide bonds. The Kier molecular flexibility index (Phi) is 5.64. The molecule has 0 saturated carbocycles.